The van der Waals surface area contributed by atoms with Crippen LogP contribution >= 0.6 is 0 Å². The Labute approximate surface area is 176 Å². The second-order valence-corrected chi connectivity index (χ2v) is 7.05. The summed E-state index contributed by atoms with van der Waals surface area (Å²) in [5, 5.41) is 15.3. The Hall–Kier alpha value is -3.36. The number of carbonyl (C=O) groups is 2. The molecule has 0 aromatic heterocycles. The molecule has 0 bridgehead atoms. The minimum atomic E-state index is -0.427. The molecule has 3 rings (SSSR count). The molecular formula is C22H28N6O2. The van der Waals surface area contributed by atoms with E-state index in [1.54, 1.807) is 36.4 Å². The van der Waals surface area contributed by atoms with Gasteiger partial charge >= 0.3 is 6.03 Å². The number of amides is 2. The molecule has 0 radical (unpaired) electrons. The second kappa shape index (κ2) is 10.4. The molecule has 2 aromatic carbocycles. The lowest BCUT2D eigenvalue weighted by Crippen LogP contribution is -2.61. The third-order valence-electron chi connectivity index (χ3n) is 4.56. The first-order valence-electron chi connectivity index (χ1n) is 10.0. The molecule has 0 aliphatic carbocycles. The summed E-state index contributed by atoms with van der Waals surface area (Å²) in [6, 6.07) is 15.6. The second-order valence-electron chi connectivity index (χ2n) is 7.05. The first kappa shape index (κ1) is 21.4. The van der Waals surface area contributed by atoms with Crippen molar-refractivity contribution in [2.45, 2.75) is 25.7 Å². The van der Waals surface area contributed by atoms with Gasteiger partial charge in [0.25, 0.3) is 0 Å². The number of hydrogen-bond acceptors (Lipinski definition) is 6. The van der Waals surface area contributed by atoms with E-state index >= 15 is 0 Å². The minimum Gasteiger partial charge on any atom is -0.372 e. The van der Waals surface area contributed by atoms with Crippen LogP contribution in [0.25, 0.3) is 0 Å². The summed E-state index contributed by atoms with van der Waals surface area (Å²) in [4.78, 5) is 24.8. The normalized spacial score (nSPS) is 18.0. The van der Waals surface area contributed by atoms with Crippen molar-refractivity contribution in [3.05, 3.63) is 77.6 Å². The number of ketones is 1. The summed E-state index contributed by atoms with van der Waals surface area (Å²) in [6.45, 7) is 3.38. The van der Waals surface area contributed by atoms with Gasteiger partial charge in [0.2, 0.25) is 0 Å². The molecule has 8 nitrogen and oxygen atoms in total. The smallest absolute Gasteiger partial charge is 0.321 e. The van der Waals surface area contributed by atoms with Gasteiger partial charge in [0.1, 0.15) is 0 Å². The summed E-state index contributed by atoms with van der Waals surface area (Å²) < 4.78 is 0. The summed E-state index contributed by atoms with van der Waals surface area (Å²) in [5.74, 6) is 0.793. The molecule has 1 aliphatic rings. The average Bonchev–Trinajstić information content (AvgIpc) is 2.74. The van der Waals surface area contributed by atoms with E-state index in [0.29, 0.717) is 23.4 Å². The lowest BCUT2D eigenvalue weighted by molar-refractivity contribution is 0.103. The Morgan fingerprint density at radius 2 is 1.73 bits per heavy atom. The lowest BCUT2D eigenvalue weighted by atomic mass is 10.0. The molecule has 1 aliphatic heterocycles. The van der Waals surface area contributed by atoms with Gasteiger partial charge in [-0.25, -0.2) is 4.79 Å². The molecule has 0 spiro atoms. The Bertz CT molecular complexity index is 882. The largest absolute Gasteiger partial charge is 0.372 e. The van der Waals surface area contributed by atoms with Gasteiger partial charge in [0, 0.05) is 29.4 Å². The van der Waals surface area contributed by atoms with Gasteiger partial charge in [-0.1, -0.05) is 30.3 Å². The summed E-state index contributed by atoms with van der Waals surface area (Å²) >= 11 is 0. The van der Waals surface area contributed by atoms with Gasteiger partial charge in [-0.2, -0.15) is 0 Å². The van der Waals surface area contributed by atoms with Crippen molar-refractivity contribution in [2.75, 3.05) is 18.4 Å². The predicted molar refractivity (Wildman–Crippen MR) is 118 cm³/mol. The van der Waals surface area contributed by atoms with Gasteiger partial charge in [-0.05, 0) is 50.2 Å². The number of carbonyl (C=O) groups excluding carboxylic acids is 2. The average molecular weight is 409 g/mol. The maximum Gasteiger partial charge on any atom is 0.321 e. The first-order valence-corrected chi connectivity index (χ1v) is 10.0. The Balaban J connectivity index is 1.52. The van der Waals surface area contributed by atoms with E-state index < -0.39 is 6.29 Å². The van der Waals surface area contributed by atoms with Gasteiger partial charge in [-0.3, -0.25) is 10.1 Å². The number of urea groups is 1. The van der Waals surface area contributed by atoms with Crippen LogP contribution in [0.4, 0.5) is 10.5 Å². The maximum atomic E-state index is 12.5. The van der Waals surface area contributed by atoms with Crippen LogP contribution in [0.5, 0.6) is 0 Å². The summed E-state index contributed by atoms with van der Waals surface area (Å²) in [6.07, 6.45) is 2.45. The molecule has 1 heterocycles. The van der Waals surface area contributed by atoms with E-state index in [2.05, 4.69) is 26.6 Å². The van der Waals surface area contributed by atoms with Crippen molar-refractivity contribution in [3.8, 4) is 0 Å². The number of rotatable bonds is 8. The van der Waals surface area contributed by atoms with Gasteiger partial charge in [0.05, 0.1) is 5.82 Å². The van der Waals surface area contributed by atoms with Crippen LogP contribution in [-0.2, 0) is 0 Å². The number of nitrogens with one attached hydrogen (secondary N) is 5. The fraction of sp³-hybridized carbons (Fsp3) is 0.273. The van der Waals surface area contributed by atoms with E-state index in [0.717, 1.165) is 18.8 Å². The molecule has 2 amide bonds. The number of benzene rings is 2. The molecule has 7 N–H and O–H groups in total. The third kappa shape index (κ3) is 6.07. The number of hydrogen-bond donors (Lipinski definition) is 6. The fourth-order valence-electron chi connectivity index (χ4n) is 3.08. The number of nitrogens with two attached hydrogens (primary N) is 1. The molecule has 2 unspecified atom stereocenters. The monoisotopic (exact) mass is 408 g/mol. The molecule has 8 heteroatoms. The highest BCUT2D eigenvalue weighted by Gasteiger charge is 2.19. The quantitative estimate of drug-likeness (QED) is 0.292. The van der Waals surface area contributed by atoms with Crippen LogP contribution in [0.1, 0.15) is 29.3 Å². The zero-order valence-corrected chi connectivity index (χ0v) is 16.9. The summed E-state index contributed by atoms with van der Waals surface area (Å²) in [5.41, 5.74) is 7.31. The highest BCUT2D eigenvalue weighted by Crippen LogP contribution is 2.14. The molecule has 158 valence electrons. The van der Waals surface area contributed by atoms with Crippen molar-refractivity contribution >= 4 is 17.5 Å². The van der Waals surface area contributed by atoms with E-state index in [1.807, 2.05) is 31.2 Å². The fourth-order valence-corrected chi connectivity index (χ4v) is 3.08. The molecule has 0 fully saturated rings. The van der Waals surface area contributed by atoms with Gasteiger partial charge in [-0.15, -0.1) is 0 Å². The highest BCUT2D eigenvalue weighted by atomic mass is 16.2. The summed E-state index contributed by atoms with van der Waals surface area (Å²) in [7, 11) is 0. The lowest BCUT2D eigenvalue weighted by Gasteiger charge is -2.31. The van der Waals surface area contributed by atoms with Crippen molar-refractivity contribution in [1.29, 1.82) is 0 Å². The van der Waals surface area contributed by atoms with Crippen molar-refractivity contribution in [1.82, 2.24) is 21.3 Å². The van der Waals surface area contributed by atoms with Crippen LogP contribution in [-0.4, -0.2) is 37.2 Å². The predicted octanol–water partition coefficient (Wildman–Crippen LogP) is 1.68. The number of anilines is 1. The van der Waals surface area contributed by atoms with E-state index in [9.17, 15) is 9.59 Å². The van der Waals surface area contributed by atoms with Crippen molar-refractivity contribution < 1.29 is 9.59 Å². The zero-order chi connectivity index (χ0) is 21.3. The molecular weight excluding hydrogens is 380 g/mol. The van der Waals surface area contributed by atoms with Crippen LogP contribution in [0, 0.1) is 0 Å². The van der Waals surface area contributed by atoms with Crippen LogP contribution < -0.4 is 32.3 Å². The van der Waals surface area contributed by atoms with E-state index in [4.69, 9.17) is 5.73 Å². The van der Waals surface area contributed by atoms with Crippen LogP contribution in [0.15, 0.2) is 66.5 Å². The van der Waals surface area contributed by atoms with Gasteiger partial charge in [0.15, 0.2) is 12.1 Å². The Morgan fingerprint density at radius 3 is 2.43 bits per heavy atom. The highest BCUT2D eigenvalue weighted by molar-refractivity contribution is 6.09. The molecule has 2 aromatic rings. The SMILES string of the molecule is CC1C=C(NCCCN)NC(NC(=O)Nc2ccc(C(=O)c3ccccc3)cc2)N1. The Kier molecular flexibility index (Phi) is 7.42. The first-order chi connectivity index (χ1) is 14.5. The zero-order valence-electron chi connectivity index (χ0n) is 16.9. The van der Waals surface area contributed by atoms with E-state index in [-0.39, 0.29) is 17.9 Å². The molecule has 0 saturated heterocycles. The maximum absolute atomic E-state index is 12.5. The Morgan fingerprint density at radius 1 is 1.03 bits per heavy atom. The third-order valence-corrected chi connectivity index (χ3v) is 4.56. The molecule has 0 saturated carbocycles. The van der Waals surface area contributed by atoms with Gasteiger partial charge < -0.3 is 27.0 Å². The van der Waals surface area contributed by atoms with Crippen LogP contribution in [0.2, 0.25) is 0 Å². The standard InChI is InChI=1S/C22H28N6O2/c1-15-14-19(24-13-5-12-23)27-21(25-15)28-22(30)26-18-10-8-17(9-11-18)20(29)16-6-3-2-4-7-16/h2-4,6-11,14-15,21,24-25,27H,5,12-13,23H2,1H3,(H2,26,28,30). The van der Waals surface area contributed by atoms with E-state index in [1.165, 1.54) is 0 Å². The molecule has 2 atom stereocenters. The van der Waals surface area contributed by atoms with Crippen molar-refractivity contribution in [3.63, 3.8) is 0 Å². The van der Waals surface area contributed by atoms with Crippen LogP contribution in [0.3, 0.4) is 0 Å². The van der Waals surface area contributed by atoms with Crippen molar-refractivity contribution in [2.24, 2.45) is 5.73 Å². The topological polar surface area (TPSA) is 120 Å². The minimum absolute atomic E-state index is 0.0577. The molecule has 30 heavy (non-hydrogen) atoms.